The SMILES string of the molecule is COCCNC(=O)[C@@H]1CC(=O)N(CCc2ccc(F)cc2)C1. The quantitative estimate of drug-likeness (QED) is 0.764. The van der Waals surface area contributed by atoms with Crippen LogP contribution in [0.5, 0.6) is 0 Å². The van der Waals surface area contributed by atoms with Gasteiger partial charge in [-0.2, -0.15) is 0 Å². The number of carbonyl (C=O) groups excluding carboxylic acids is 2. The summed E-state index contributed by atoms with van der Waals surface area (Å²) in [5.41, 5.74) is 0.974. The van der Waals surface area contributed by atoms with Crippen molar-refractivity contribution < 1.29 is 18.7 Å². The number of halogens is 1. The standard InChI is InChI=1S/C16H21FN2O3/c1-22-9-7-18-16(21)13-10-15(20)19(11-13)8-6-12-2-4-14(17)5-3-12/h2-5,13H,6-11H2,1H3,(H,18,21)/t13-/m1/s1. The first kappa shape index (κ1) is 16.4. The van der Waals surface area contributed by atoms with E-state index >= 15 is 0 Å². The van der Waals surface area contributed by atoms with Crippen LogP contribution in [0.3, 0.4) is 0 Å². The lowest BCUT2D eigenvalue weighted by molar-refractivity contribution is -0.129. The maximum Gasteiger partial charge on any atom is 0.225 e. The molecule has 2 rings (SSSR count). The second-order valence-corrected chi connectivity index (χ2v) is 5.40. The average Bonchev–Trinajstić information content (AvgIpc) is 2.88. The predicted octanol–water partition coefficient (Wildman–Crippen LogP) is 0.979. The van der Waals surface area contributed by atoms with Crippen LogP contribution in [0, 0.1) is 11.7 Å². The van der Waals surface area contributed by atoms with E-state index < -0.39 is 0 Å². The van der Waals surface area contributed by atoms with E-state index in [4.69, 9.17) is 4.74 Å². The molecule has 1 N–H and O–H groups in total. The van der Waals surface area contributed by atoms with Gasteiger partial charge < -0.3 is 15.0 Å². The van der Waals surface area contributed by atoms with Crippen LogP contribution in [-0.2, 0) is 20.7 Å². The van der Waals surface area contributed by atoms with Crippen LogP contribution in [0.25, 0.3) is 0 Å². The van der Waals surface area contributed by atoms with E-state index in [9.17, 15) is 14.0 Å². The third-order valence-corrected chi connectivity index (χ3v) is 3.77. The number of hydrogen-bond donors (Lipinski definition) is 1. The maximum atomic E-state index is 12.8. The average molecular weight is 308 g/mol. The zero-order chi connectivity index (χ0) is 15.9. The normalized spacial score (nSPS) is 17.8. The Morgan fingerprint density at radius 1 is 1.41 bits per heavy atom. The molecule has 1 saturated heterocycles. The minimum atomic E-state index is -0.294. The van der Waals surface area contributed by atoms with Crippen molar-refractivity contribution in [3.63, 3.8) is 0 Å². The summed E-state index contributed by atoms with van der Waals surface area (Å²) >= 11 is 0. The number of ether oxygens (including phenoxy) is 1. The molecular formula is C16H21FN2O3. The fourth-order valence-corrected chi connectivity index (χ4v) is 2.50. The fraction of sp³-hybridized carbons (Fsp3) is 0.500. The molecule has 1 fully saturated rings. The molecule has 1 aliphatic heterocycles. The molecule has 120 valence electrons. The molecule has 5 nitrogen and oxygen atoms in total. The van der Waals surface area contributed by atoms with Gasteiger partial charge in [-0.05, 0) is 24.1 Å². The Morgan fingerprint density at radius 2 is 2.14 bits per heavy atom. The number of rotatable bonds is 7. The zero-order valence-corrected chi connectivity index (χ0v) is 12.7. The molecule has 1 heterocycles. The Hall–Kier alpha value is -1.95. The van der Waals surface area contributed by atoms with Crippen molar-refractivity contribution in [1.29, 1.82) is 0 Å². The Balaban J connectivity index is 1.79. The molecule has 0 aromatic heterocycles. The van der Waals surface area contributed by atoms with Gasteiger partial charge in [0.05, 0.1) is 12.5 Å². The molecule has 2 amide bonds. The smallest absolute Gasteiger partial charge is 0.225 e. The van der Waals surface area contributed by atoms with E-state index in [0.717, 1.165) is 5.56 Å². The minimum Gasteiger partial charge on any atom is -0.383 e. The first-order chi connectivity index (χ1) is 10.6. The van der Waals surface area contributed by atoms with E-state index in [0.29, 0.717) is 32.7 Å². The first-order valence-electron chi connectivity index (χ1n) is 7.39. The Bertz CT molecular complexity index is 519. The van der Waals surface area contributed by atoms with Gasteiger partial charge >= 0.3 is 0 Å². The Labute approximate surface area is 129 Å². The zero-order valence-electron chi connectivity index (χ0n) is 12.7. The van der Waals surface area contributed by atoms with Crippen LogP contribution in [-0.4, -0.2) is 50.1 Å². The molecule has 0 saturated carbocycles. The van der Waals surface area contributed by atoms with E-state index in [1.807, 2.05) is 0 Å². The van der Waals surface area contributed by atoms with Crippen LogP contribution >= 0.6 is 0 Å². The lowest BCUT2D eigenvalue weighted by Crippen LogP contribution is -2.35. The highest BCUT2D eigenvalue weighted by atomic mass is 19.1. The van der Waals surface area contributed by atoms with Gasteiger partial charge in [-0.1, -0.05) is 12.1 Å². The summed E-state index contributed by atoms with van der Waals surface area (Å²) < 4.78 is 17.7. The lowest BCUT2D eigenvalue weighted by Gasteiger charge is -2.16. The van der Waals surface area contributed by atoms with Crippen LogP contribution in [0.1, 0.15) is 12.0 Å². The van der Waals surface area contributed by atoms with Gasteiger partial charge in [0.15, 0.2) is 0 Å². The number of likely N-dealkylation sites (tertiary alicyclic amines) is 1. The van der Waals surface area contributed by atoms with Gasteiger partial charge in [-0.15, -0.1) is 0 Å². The molecule has 6 heteroatoms. The molecule has 1 aromatic carbocycles. The molecule has 0 spiro atoms. The summed E-state index contributed by atoms with van der Waals surface area (Å²) in [6, 6.07) is 6.25. The molecule has 22 heavy (non-hydrogen) atoms. The number of amides is 2. The van der Waals surface area contributed by atoms with Gasteiger partial charge in [0, 0.05) is 33.2 Å². The van der Waals surface area contributed by atoms with Crippen LogP contribution < -0.4 is 5.32 Å². The number of benzene rings is 1. The number of hydrogen-bond acceptors (Lipinski definition) is 3. The lowest BCUT2D eigenvalue weighted by atomic mass is 10.1. The molecule has 1 aliphatic rings. The third kappa shape index (κ3) is 4.53. The van der Waals surface area contributed by atoms with Crippen molar-refractivity contribution in [3.05, 3.63) is 35.6 Å². The summed E-state index contributed by atoms with van der Waals surface area (Å²) in [5, 5.41) is 2.76. The van der Waals surface area contributed by atoms with Crippen LogP contribution in [0.15, 0.2) is 24.3 Å². The fourth-order valence-electron chi connectivity index (χ4n) is 2.50. The number of nitrogens with zero attached hydrogens (tertiary/aromatic N) is 1. The van der Waals surface area contributed by atoms with E-state index in [2.05, 4.69) is 5.32 Å². The minimum absolute atomic E-state index is 0.00555. The molecule has 0 radical (unpaired) electrons. The van der Waals surface area contributed by atoms with Crippen molar-refractivity contribution in [3.8, 4) is 0 Å². The highest BCUT2D eigenvalue weighted by Crippen LogP contribution is 2.18. The largest absolute Gasteiger partial charge is 0.383 e. The predicted molar refractivity (Wildman–Crippen MR) is 79.7 cm³/mol. The monoisotopic (exact) mass is 308 g/mol. The molecule has 1 atom stereocenters. The number of carbonyl (C=O) groups is 2. The molecule has 0 bridgehead atoms. The van der Waals surface area contributed by atoms with Gasteiger partial charge in [-0.3, -0.25) is 9.59 Å². The molecular weight excluding hydrogens is 287 g/mol. The second kappa shape index (κ2) is 7.89. The van der Waals surface area contributed by atoms with Gasteiger partial charge in [0.2, 0.25) is 11.8 Å². The van der Waals surface area contributed by atoms with Crippen molar-refractivity contribution in [2.45, 2.75) is 12.8 Å². The van der Waals surface area contributed by atoms with Gasteiger partial charge in [0.1, 0.15) is 5.82 Å². The topological polar surface area (TPSA) is 58.6 Å². The van der Waals surface area contributed by atoms with Crippen molar-refractivity contribution >= 4 is 11.8 Å². The number of nitrogens with one attached hydrogen (secondary N) is 1. The highest BCUT2D eigenvalue weighted by Gasteiger charge is 2.33. The summed E-state index contributed by atoms with van der Waals surface area (Å²) in [7, 11) is 1.57. The maximum absolute atomic E-state index is 12.8. The van der Waals surface area contributed by atoms with Crippen molar-refractivity contribution in [1.82, 2.24) is 10.2 Å². The summed E-state index contributed by atoms with van der Waals surface area (Å²) in [5.74, 6) is -0.671. The van der Waals surface area contributed by atoms with E-state index in [1.54, 1.807) is 24.1 Å². The van der Waals surface area contributed by atoms with Crippen molar-refractivity contribution in [2.24, 2.45) is 5.92 Å². The van der Waals surface area contributed by atoms with Crippen LogP contribution in [0.4, 0.5) is 4.39 Å². The Morgan fingerprint density at radius 3 is 2.82 bits per heavy atom. The first-order valence-corrected chi connectivity index (χ1v) is 7.39. The summed E-state index contributed by atoms with van der Waals surface area (Å²) in [6.45, 7) is 1.90. The van der Waals surface area contributed by atoms with Gasteiger partial charge in [-0.25, -0.2) is 4.39 Å². The van der Waals surface area contributed by atoms with Crippen LogP contribution in [0.2, 0.25) is 0 Å². The third-order valence-electron chi connectivity index (χ3n) is 3.77. The summed E-state index contributed by atoms with van der Waals surface area (Å²) in [6.07, 6.45) is 0.909. The Kier molecular flexibility index (Phi) is 5.89. The molecule has 1 aromatic rings. The summed E-state index contributed by atoms with van der Waals surface area (Å²) in [4.78, 5) is 25.6. The van der Waals surface area contributed by atoms with Crippen molar-refractivity contribution in [2.75, 3.05) is 33.4 Å². The van der Waals surface area contributed by atoms with Gasteiger partial charge in [0.25, 0.3) is 0 Å². The van der Waals surface area contributed by atoms with E-state index in [1.165, 1.54) is 12.1 Å². The highest BCUT2D eigenvalue weighted by molar-refractivity contribution is 5.89. The molecule has 0 aliphatic carbocycles. The van der Waals surface area contributed by atoms with E-state index in [-0.39, 0.29) is 30.0 Å². The second-order valence-electron chi connectivity index (χ2n) is 5.40. The number of methoxy groups -OCH3 is 1. The molecule has 0 unspecified atom stereocenters.